The molecule has 0 bridgehead atoms. The molecule has 1 heterocycles. The molecule has 1 aliphatic rings. The van der Waals surface area contributed by atoms with Gasteiger partial charge in [0, 0.05) is 13.2 Å². The van der Waals surface area contributed by atoms with Crippen molar-refractivity contribution in [1.29, 1.82) is 0 Å². The van der Waals surface area contributed by atoms with Crippen molar-refractivity contribution in [2.45, 2.75) is 19.4 Å². The van der Waals surface area contributed by atoms with Crippen LogP contribution in [-0.2, 0) is 9.47 Å². The van der Waals surface area contributed by atoms with Gasteiger partial charge in [-0.1, -0.05) is 12.2 Å². The fraction of sp³-hybridized carbons (Fsp3) is 0.438. The summed E-state index contributed by atoms with van der Waals surface area (Å²) in [5.74, 6) is -1.66. The monoisotopic (exact) mass is 338 g/mol. The minimum Gasteiger partial charge on any atom is -0.465 e. The van der Waals surface area contributed by atoms with Crippen molar-refractivity contribution in [3.05, 3.63) is 45.8 Å². The molecule has 1 saturated heterocycles. The third-order valence-electron chi connectivity index (χ3n) is 3.76. The van der Waals surface area contributed by atoms with Crippen LogP contribution < -0.4 is 4.90 Å². The summed E-state index contributed by atoms with van der Waals surface area (Å²) >= 11 is 0. The van der Waals surface area contributed by atoms with E-state index in [1.54, 1.807) is 11.8 Å². The second-order valence-corrected chi connectivity index (χ2v) is 5.67. The van der Waals surface area contributed by atoms with E-state index in [9.17, 15) is 19.3 Å². The topological polar surface area (TPSA) is 81.9 Å². The van der Waals surface area contributed by atoms with E-state index in [1.807, 2.05) is 0 Å². The fourth-order valence-corrected chi connectivity index (χ4v) is 2.67. The zero-order chi connectivity index (χ0) is 17.9. The van der Waals surface area contributed by atoms with Crippen LogP contribution in [0.4, 0.5) is 15.8 Å². The fourth-order valence-electron chi connectivity index (χ4n) is 2.67. The third kappa shape index (κ3) is 3.70. The van der Waals surface area contributed by atoms with Gasteiger partial charge in [-0.25, -0.2) is 9.18 Å². The van der Waals surface area contributed by atoms with Crippen molar-refractivity contribution >= 4 is 17.3 Å². The van der Waals surface area contributed by atoms with E-state index in [2.05, 4.69) is 11.3 Å². The van der Waals surface area contributed by atoms with E-state index in [0.717, 1.165) is 18.7 Å². The molecule has 1 atom stereocenters. The molecule has 24 heavy (non-hydrogen) atoms. The van der Waals surface area contributed by atoms with Gasteiger partial charge in [0.15, 0.2) is 5.82 Å². The summed E-state index contributed by atoms with van der Waals surface area (Å²) < 4.78 is 24.5. The first-order valence-electron chi connectivity index (χ1n) is 7.40. The van der Waals surface area contributed by atoms with Crippen molar-refractivity contribution < 1.29 is 23.6 Å². The first-order valence-corrected chi connectivity index (χ1v) is 7.40. The molecule has 0 N–H and O–H groups in total. The van der Waals surface area contributed by atoms with E-state index in [0.29, 0.717) is 26.2 Å². The van der Waals surface area contributed by atoms with E-state index in [1.165, 1.54) is 6.07 Å². The van der Waals surface area contributed by atoms with Crippen LogP contribution in [0.25, 0.3) is 0 Å². The van der Waals surface area contributed by atoms with E-state index >= 15 is 0 Å². The van der Waals surface area contributed by atoms with Crippen LogP contribution >= 0.6 is 0 Å². The average molecular weight is 338 g/mol. The Hall–Kier alpha value is -2.48. The molecule has 0 aliphatic carbocycles. The van der Waals surface area contributed by atoms with E-state index in [4.69, 9.17) is 4.74 Å². The highest BCUT2D eigenvalue weighted by molar-refractivity contribution is 5.95. The normalized spacial score (nSPS) is 16.7. The Bertz CT molecular complexity index is 671. The number of methoxy groups -OCH3 is 1. The van der Waals surface area contributed by atoms with Gasteiger partial charge in [-0.3, -0.25) is 10.1 Å². The Balaban J connectivity index is 2.54. The van der Waals surface area contributed by atoms with Crippen molar-refractivity contribution in [2.75, 3.05) is 31.8 Å². The second kappa shape index (κ2) is 7.39. The van der Waals surface area contributed by atoms with Gasteiger partial charge >= 0.3 is 5.97 Å². The predicted molar refractivity (Wildman–Crippen MR) is 85.8 cm³/mol. The summed E-state index contributed by atoms with van der Waals surface area (Å²) in [6.07, 6.45) is 0.692. The summed E-state index contributed by atoms with van der Waals surface area (Å²) in [7, 11) is 1.12. The van der Waals surface area contributed by atoms with Crippen LogP contribution in [0.15, 0.2) is 24.3 Å². The number of carbonyl (C=O) groups excluding carboxylic acids is 1. The molecule has 0 spiro atoms. The van der Waals surface area contributed by atoms with Gasteiger partial charge in [0.25, 0.3) is 5.69 Å². The third-order valence-corrected chi connectivity index (χ3v) is 3.76. The molecular formula is C16H19FN2O5. The van der Waals surface area contributed by atoms with E-state index in [-0.39, 0.29) is 17.3 Å². The number of esters is 1. The molecular weight excluding hydrogens is 319 g/mol. The maximum absolute atomic E-state index is 14.5. The number of nitro benzene ring substituents is 1. The Morgan fingerprint density at radius 2 is 2.29 bits per heavy atom. The molecule has 1 aromatic carbocycles. The highest BCUT2D eigenvalue weighted by Gasteiger charge is 2.30. The molecule has 0 saturated carbocycles. The maximum atomic E-state index is 14.5. The summed E-state index contributed by atoms with van der Waals surface area (Å²) in [6.45, 7) is 6.95. The van der Waals surface area contributed by atoms with Gasteiger partial charge in [0.1, 0.15) is 5.56 Å². The minimum absolute atomic E-state index is 0.0943. The Morgan fingerprint density at radius 1 is 1.58 bits per heavy atom. The molecule has 2 rings (SSSR count). The number of nitro groups is 1. The highest BCUT2D eigenvalue weighted by Crippen LogP contribution is 2.32. The minimum atomic E-state index is -0.888. The molecule has 130 valence electrons. The van der Waals surface area contributed by atoms with E-state index < -0.39 is 22.4 Å². The van der Waals surface area contributed by atoms with Crippen LogP contribution in [0.1, 0.15) is 23.7 Å². The van der Waals surface area contributed by atoms with Crippen LogP contribution in [0.5, 0.6) is 0 Å². The number of hydrogen-bond acceptors (Lipinski definition) is 6. The quantitative estimate of drug-likeness (QED) is 0.343. The number of hydrogen-bond donors (Lipinski definition) is 0. The molecule has 0 aromatic heterocycles. The first-order chi connectivity index (χ1) is 11.3. The van der Waals surface area contributed by atoms with Gasteiger partial charge in [-0.15, -0.1) is 0 Å². The van der Waals surface area contributed by atoms with Gasteiger partial charge in [0.05, 0.1) is 36.4 Å². The SMILES string of the molecule is C=C(C)CN(c1cc(C(=O)OC)c([N+](=O)[O-])cc1F)C1CCOC1. The smallest absolute Gasteiger partial charge is 0.344 e. The van der Waals surface area contributed by atoms with Crippen molar-refractivity contribution in [1.82, 2.24) is 0 Å². The Kier molecular flexibility index (Phi) is 5.50. The molecule has 7 nitrogen and oxygen atoms in total. The molecule has 1 aliphatic heterocycles. The van der Waals surface area contributed by atoms with Gasteiger partial charge in [-0.2, -0.15) is 0 Å². The summed E-state index contributed by atoms with van der Waals surface area (Å²) in [4.78, 5) is 23.9. The highest BCUT2D eigenvalue weighted by atomic mass is 19.1. The lowest BCUT2D eigenvalue weighted by atomic mass is 10.1. The number of benzene rings is 1. The Labute approximate surface area is 138 Å². The standard InChI is InChI=1S/C16H19FN2O5/c1-10(2)8-18(11-4-5-24-9-11)15-6-12(16(20)23-3)14(19(21)22)7-13(15)17/h6-7,11H,1,4-5,8-9H2,2-3H3. The zero-order valence-electron chi connectivity index (χ0n) is 13.6. The predicted octanol–water partition coefficient (Wildman–Crippen LogP) is 2.69. The van der Waals surface area contributed by atoms with Crippen molar-refractivity contribution in [3.8, 4) is 0 Å². The lowest BCUT2D eigenvalue weighted by molar-refractivity contribution is -0.385. The van der Waals surface area contributed by atoms with Gasteiger partial charge in [-0.05, 0) is 19.4 Å². The summed E-state index contributed by atoms with van der Waals surface area (Å²) in [6, 6.07) is 1.83. The first kappa shape index (κ1) is 17.9. The number of ether oxygens (including phenoxy) is 2. The largest absolute Gasteiger partial charge is 0.465 e. The molecule has 0 amide bonds. The molecule has 0 radical (unpaired) electrons. The molecule has 8 heteroatoms. The molecule has 1 aromatic rings. The van der Waals surface area contributed by atoms with Crippen LogP contribution in [0.2, 0.25) is 0 Å². The van der Waals surface area contributed by atoms with Crippen LogP contribution in [0.3, 0.4) is 0 Å². The van der Waals surface area contributed by atoms with Crippen molar-refractivity contribution in [3.63, 3.8) is 0 Å². The number of rotatable bonds is 6. The number of carbonyl (C=O) groups is 1. The second-order valence-electron chi connectivity index (χ2n) is 5.67. The summed E-state index contributed by atoms with van der Waals surface area (Å²) in [5.41, 5.74) is -0.0238. The van der Waals surface area contributed by atoms with Crippen LogP contribution in [0, 0.1) is 15.9 Å². The maximum Gasteiger partial charge on any atom is 0.344 e. The summed E-state index contributed by atoms with van der Waals surface area (Å²) in [5, 5.41) is 11.1. The Morgan fingerprint density at radius 3 is 2.79 bits per heavy atom. The number of halogens is 1. The number of nitrogens with zero attached hydrogens (tertiary/aromatic N) is 2. The van der Waals surface area contributed by atoms with Gasteiger partial charge < -0.3 is 14.4 Å². The zero-order valence-corrected chi connectivity index (χ0v) is 13.6. The van der Waals surface area contributed by atoms with Crippen molar-refractivity contribution in [2.24, 2.45) is 0 Å². The lowest BCUT2D eigenvalue weighted by Gasteiger charge is -2.31. The average Bonchev–Trinajstić information content (AvgIpc) is 3.05. The van der Waals surface area contributed by atoms with Crippen LogP contribution in [-0.4, -0.2) is 43.8 Å². The molecule has 1 fully saturated rings. The number of anilines is 1. The molecule has 1 unspecified atom stereocenters. The van der Waals surface area contributed by atoms with Gasteiger partial charge in [0.2, 0.25) is 0 Å². The lowest BCUT2D eigenvalue weighted by Crippen LogP contribution is -2.37.